The molecule has 0 saturated carbocycles. The maximum atomic E-state index is 4.26. The van der Waals surface area contributed by atoms with E-state index < -0.39 is 0 Å². The molecule has 92 valence electrons. The van der Waals surface area contributed by atoms with Gasteiger partial charge in [-0.2, -0.15) is 5.10 Å². The molecule has 4 nitrogen and oxygen atoms in total. The first-order valence-electron chi connectivity index (χ1n) is 5.89. The maximum absolute atomic E-state index is 4.26. The van der Waals surface area contributed by atoms with Crippen LogP contribution in [-0.4, -0.2) is 21.3 Å². The van der Waals surface area contributed by atoms with E-state index >= 15 is 0 Å². The Bertz CT molecular complexity index is 433. The number of hydrogen-bond acceptors (Lipinski definition) is 4. The smallest absolute Gasteiger partial charge is 0.141 e. The molecule has 0 radical (unpaired) electrons. The fourth-order valence-electron chi connectivity index (χ4n) is 1.70. The van der Waals surface area contributed by atoms with Gasteiger partial charge < -0.3 is 5.32 Å². The molecule has 5 heteroatoms. The van der Waals surface area contributed by atoms with Gasteiger partial charge in [0.05, 0.1) is 6.54 Å². The zero-order valence-corrected chi connectivity index (χ0v) is 11.1. The number of aromatic nitrogens is 3. The third kappa shape index (κ3) is 3.38. The molecule has 0 unspecified atom stereocenters. The highest BCUT2D eigenvalue weighted by Gasteiger charge is 2.06. The normalized spacial score (nSPS) is 11.2. The van der Waals surface area contributed by atoms with Crippen LogP contribution in [0, 0.1) is 0 Å². The maximum Gasteiger partial charge on any atom is 0.141 e. The Hall–Kier alpha value is -1.20. The second-order valence-corrected chi connectivity index (χ2v) is 5.25. The van der Waals surface area contributed by atoms with E-state index in [1.807, 2.05) is 4.68 Å². The summed E-state index contributed by atoms with van der Waals surface area (Å²) in [6.07, 6.45) is 2.70. The summed E-state index contributed by atoms with van der Waals surface area (Å²) < 4.78 is 1.96. The molecule has 2 aromatic heterocycles. The summed E-state index contributed by atoms with van der Waals surface area (Å²) in [7, 11) is 0. The molecule has 1 N–H and O–H groups in total. The van der Waals surface area contributed by atoms with Crippen molar-refractivity contribution in [3.63, 3.8) is 0 Å². The molecule has 0 amide bonds. The molecule has 2 rings (SSSR count). The second kappa shape index (κ2) is 5.93. The Balaban J connectivity index is 1.76. The monoisotopic (exact) mass is 250 g/mol. The van der Waals surface area contributed by atoms with Crippen LogP contribution in [0.1, 0.15) is 30.6 Å². The highest BCUT2D eigenvalue weighted by atomic mass is 32.1. The number of nitrogens with one attached hydrogen (secondary N) is 1. The van der Waals surface area contributed by atoms with Gasteiger partial charge in [0.1, 0.15) is 12.2 Å². The third-order valence-electron chi connectivity index (χ3n) is 2.55. The number of nitrogens with zero attached hydrogens (tertiary/aromatic N) is 3. The highest BCUT2D eigenvalue weighted by Crippen LogP contribution is 2.08. The van der Waals surface area contributed by atoms with Crippen LogP contribution >= 0.6 is 11.3 Å². The van der Waals surface area contributed by atoms with E-state index in [0.29, 0.717) is 6.04 Å². The molecule has 17 heavy (non-hydrogen) atoms. The molecular weight excluding hydrogens is 232 g/mol. The first kappa shape index (κ1) is 12.3. The first-order chi connectivity index (χ1) is 8.27. The highest BCUT2D eigenvalue weighted by molar-refractivity contribution is 7.09. The fraction of sp³-hybridized carbons (Fsp3) is 0.500. The molecular formula is C12H18N4S. The summed E-state index contributed by atoms with van der Waals surface area (Å²) >= 11 is 1.81. The third-order valence-corrected chi connectivity index (χ3v) is 3.48. The Kier molecular flexibility index (Phi) is 4.28. The lowest BCUT2D eigenvalue weighted by molar-refractivity contribution is 0.491. The zero-order chi connectivity index (χ0) is 12.1. The summed E-state index contributed by atoms with van der Waals surface area (Å²) in [5, 5.41) is 9.73. The van der Waals surface area contributed by atoms with Crippen molar-refractivity contribution in [2.75, 3.05) is 6.54 Å². The Morgan fingerprint density at radius 1 is 1.47 bits per heavy atom. The van der Waals surface area contributed by atoms with E-state index in [4.69, 9.17) is 0 Å². The largest absolute Gasteiger partial charge is 0.309 e. The average Bonchev–Trinajstić information content (AvgIpc) is 2.95. The van der Waals surface area contributed by atoms with Crippen molar-refractivity contribution in [2.24, 2.45) is 0 Å². The standard InChI is InChI=1S/C12H18N4S/c1-10(2)16-12(14-9-15-16)8-13-6-5-11-4-3-7-17-11/h3-4,7,9-10,13H,5-6,8H2,1-2H3. The summed E-state index contributed by atoms with van der Waals surface area (Å²) in [5.74, 6) is 1.01. The number of thiophene rings is 1. The molecule has 0 saturated heterocycles. The van der Waals surface area contributed by atoms with Gasteiger partial charge in [0.25, 0.3) is 0 Å². The van der Waals surface area contributed by atoms with Crippen LogP contribution < -0.4 is 5.32 Å². The van der Waals surface area contributed by atoms with E-state index in [1.165, 1.54) is 4.88 Å². The van der Waals surface area contributed by atoms with Gasteiger partial charge in [0, 0.05) is 17.5 Å². The number of hydrogen-bond donors (Lipinski definition) is 1. The molecule has 0 bridgehead atoms. The van der Waals surface area contributed by atoms with Gasteiger partial charge in [-0.1, -0.05) is 6.07 Å². The topological polar surface area (TPSA) is 42.7 Å². The number of rotatable bonds is 6. The Morgan fingerprint density at radius 2 is 2.35 bits per heavy atom. The molecule has 2 aromatic rings. The van der Waals surface area contributed by atoms with Crippen molar-refractivity contribution in [3.05, 3.63) is 34.5 Å². The van der Waals surface area contributed by atoms with E-state index in [-0.39, 0.29) is 0 Å². The van der Waals surface area contributed by atoms with Gasteiger partial charge in [0.2, 0.25) is 0 Å². The van der Waals surface area contributed by atoms with E-state index in [2.05, 4.69) is 46.8 Å². The lowest BCUT2D eigenvalue weighted by atomic mass is 10.3. The first-order valence-corrected chi connectivity index (χ1v) is 6.77. The van der Waals surface area contributed by atoms with Gasteiger partial charge in [-0.3, -0.25) is 0 Å². The molecule has 0 aliphatic heterocycles. The summed E-state index contributed by atoms with van der Waals surface area (Å²) in [4.78, 5) is 5.68. The molecule has 0 atom stereocenters. The lowest BCUT2D eigenvalue weighted by Gasteiger charge is -2.09. The minimum atomic E-state index is 0.367. The van der Waals surface area contributed by atoms with Crippen molar-refractivity contribution in [1.82, 2.24) is 20.1 Å². The summed E-state index contributed by atoms with van der Waals surface area (Å²) in [6, 6.07) is 4.63. The second-order valence-electron chi connectivity index (χ2n) is 4.22. The van der Waals surface area contributed by atoms with Gasteiger partial charge in [-0.25, -0.2) is 9.67 Å². The predicted octanol–water partition coefficient (Wildman–Crippen LogP) is 2.25. The molecule has 0 spiro atoms. The Morgan fingerprint density at radius 3 is 3.06 bits per heavy atom. The van der Waals surface area contributed by atoms with E-state index in [9.17, 15) is 0 Å². The summed E-state index contributed by atoms with van der Waals surface area (Å²) in [6.45, 7) is 5.99. The summed E-state index contributed by atoms with van der Waals surface area (Å²) in [5.41, 5.74) is 0. The van der Waals surface area contributed by atoms with Gasteiger partial charge >= 0.3 is 0 Å². The van der Waals surface area contributed by atoms with Crippen molar-refractivity contribution in [1.29, 1.82) is 0 Å². The SMILES string of the molecule is CC(C)n1ncnc1CNCCc1cccs1. The zero-order valence-electron chi connectivity index (χ0n) is 10.3. The molecule has 2 heterocycles. The predicted molar refractivity (Wildman–Crippen MR) is 70.1 cm³/mol. The van der Waals surface area contributed by atoms with Crippen LogP contribution in [0.15, 0.2) is 23.8 Å². The minimum absolute atomic E-state index is 0.367. The van der Waals surface area contributed by atoms with Crippen LogP contribution in [-0.2, 0) is 13.0 Å². The van der Waals surface area contributed by atoms with Gasteiger partial charge in [0.15, 0.2) is 0 Å². The minimum Gasteiger partial charge on any atom is -0.309 e. The fourth-order valence-corrected chi connectivity index (χ4v) is 2.41. The molecule has 0 aliphatic rings. The van der Waals surface area contributed by atoms with Crippen molar-refractivity contribution < 1.29 is 0 Å². The molecule has 0 aromatic carbocycles. The van der Waals surface area contributed by atoms with E-state index in [0.717, 1.165) is 25.3 Å². The van der Waals surface area contributed by atoms with Crippen molar-refractivity contribution >= 4 is 11.3 Å². The van der Waals surface area contributed by atoms with Crippen molar-refractivity contribution in [3.8, 4) is 0 Å². The van der Waals surface area contributed by atoms with Gasteiger partial charge in [-0.05, 0) is 31.7 Å². The average molecular weight is 250 g/mol. The van der Waals surface area contributed by atoms with Crippen LogP contribution in [0.5, 0.6) is 0 Å². The quantitative estimate of drug-likeness (QED) is 0.800. The van der Waals surface area contributed by atoms with Crippen LogP contribution in [0.4, 0.5) is 0 Å². The van der Waals surface area contributed by atoms with Gasteiger partial charge in [-0.15, -0.1) is 11.3 Å². The van der Waals surface area contributed by atoms with Crippen LogP contribution in [0.2, 0.25) is 0 Å². The van der Waals surface area contributed by atoms with Crippen LogP contribution in [0.25, 0.3) is 0 Å². The van der Waals surface area contributed by atoms with E-state index in [1.54, 1.807) is 17.7 Å². The Labute approximate surface area is 106 Å². The molecule has 0 aliphatic carbocycles. The lowest BCUT2D eigenvalue weighted by Crippen LogP contribution is -2.20. The molecule has 0 fully saturated rings. The van der Waals surface area contributed by atoms with Crippen LogP contribution in [0.3, 0.4) is 0 Å². The van der Waals surface area contributed by atoms with Crippen molar-refractivity contribution in [2.45, 2.75) is 32.9 Å².